The van der Waals surface area contributed by atoms with Gasteiger partial charge in [-0.05, 0) is 65.5 Å². The second kappa shape index (κ2) is 26.2. The van der Waals surface area contributed by atoms with E-state index >= 15 is 0 Å². The van der Waals surface area contributed by atoms with Crippen LogP contribution in [0.3, 0.4) is 0 Å². The van der Waals surface area contributed by atoms with Crippen LogP contribution in [0.4, 0.5) is 0 Å². The van der Waals surface area contributed by atoms with Crippen molar-refractivity contribution in [3.05, 3.63) is 37.1 Å². The molecule has 26 heavy (non-hydrogen) atoms. The summed E-state index contributed by atoms with van der Waals surface area (Å²) in [7, 11) is 4.40. The molecule has 0 amide bonds. The number of hydrogen-bond acceptors (Lipinski definition) is 3. The molecule has 0 aliphatic carbocycles. The molecule has 0 aromatic rings. The first-order valence-corrected chi connectivity index (χ1v) is 10.4. The minimum Gasteiger partial charge on any atom is -0.499 e. The zero-order valence-electron chi connectivity index (χ0n) is 19.8. The van der Waals surface area contributed by atoms with Gasteiger partial charge >= 0.3 is 0 Å². The molecule has 0 aromatic carbocycles. The van der Waals surface area contributed by atoms with Crippen molar-refractivity contribution in [1.29, 1.82) is 0 Å². The van der Waals surface area contributed by atoms with Gasteiger partial charge in [-0.2, -0.15) is 0 Å². The first-order chi connectivity index (χ1) is 12.5. The predicted octanol–water partition coefficient (Wildman–Crippen LogP) is 6.39. The molecule has 0 spiro atoms. The molecule has 0 N–H and O–H groups in total. The molecule has 3 nitrogen and oxygen atoms in total. The van der Waals surface area contributed by atoms with Crippen molar-refractivity contribution in [2.24, 2.45) is 0 Å². The molecule has 1 heterocycles. The van der Waals surface area contributed by atoms with E-state index in [1.165, 1.54) is 25.9 Å². The van der Waals surface area contributed by atoms with E-state index in [0.717, 1.165) is 24.5 Å². The van der Waals surface area contributed by atoms with E-state index in [0.29, 0.717) is 6.04 Å². The predicted molar refractivity (Wildman–Crippen MR) is 123 cm³/mol. The average molecular weight is 371 g/mol. The molecule has 0 unspecified atom stereocenters. The Kier molecular flexibility index (Phi) is 32.8. The van der Waals surface area contributed by atoms with Gasteiger partial charge in [0.05, 0.1) is 12.4 Å². The number of likely N-dealkylation sites (tertiary alicyclic amines) is 1. The number of rotatable bonds is 6. The summed E-state index contributed by atoms with van der Waals surface area (Å²) in [6.07, 6.45) is 4.57. The van der Waals surface area contributed by atoms with Crippen molar-refractivity contribution >= 4 is 0 Å². The number of ether oxygens (including phenoxy) is 1. The molecule has 1 rings (SSSR count). The maximum Gasteiger partial charge on any atom is 0.0931 e. The van der Waals surface area contributed by atoms with Gasteiger partial charge in [0.15, 0.2) is 0 Å². The normalized spacial score (nSPS) is 14.2. The highest BCUT2D eigenvalue weighted by Gasteiger charge is 2.20. The quantitative estimate of drug-likeness (QED) is 0.306. The van der Waals surface area contributed by atoms with Gasteiger partial charge in [-0.25, -0.2) is 0 Å². The fraction of sp³-hybridized carbons (Fsp3) is 0.739. The van der Waals surface area contributed by atoms with Crippen molar-refractivity contribution in [3.63, 3.8) is 0 Å². The summed E-state index contributed by atoms with van der Waals surface area (Å²) < 4.78 is 5.43. The van der Waals surface area contributed by atoms with E-state index in [4.69, 9.17) is 4.74 Å². The van der Waals surface area contributed by atoms with Crippen LogP contribution in [0.1, 0.15) is 68.2 Å². The van der Waals surface area contributed by atoms with Crippen LogP contribution in [0.2, 0.25) is 0 Å². The highest BCUT2D eigenvalue weighted by molar-refractivity contribution is 5.18. The topological polar surface area (TPSA) is 15.7 Å². The molecule has 0 bridgehead atoms. The summed E-state index contributed by atoms with van der Waals surface area (Å²) in [4.78, 5) is 4.82. The Labute approximate surface area is 166 Å². The fourth-order valence-corrected chi connectivity index (χ4v) is 2.49. The lowest BCUT2D eigenvalue weighted by Gasteiger charge is -2.35. The number of allylic oxidation sites excluding steroid dienone is 1. The van der Waals surface area contributed by atoms with Crippen LogP contribution in [0.25, 0.3) is 0 Å². The van der Waals surface area contributed by atoms with E-state index in [2.05, 4.69) is 49.7 Å². The molecule has 1 fully saturated rings. The molecule has 1 aliphatic rings. The maximum absolute atomic E-state index is 5.43. The molecule has 3 heteroatoms. The zero-order chi connectivity index (χ0) is 21.5. The van der Waals surface area contributed by atoms with Gasteiger partial charge < -0.3 is 9.64 Å². The van der Waals surface area contributed by atoms with Crippen molar-refractivity contribution in [2.75, 3.05) is 40.3 Å². The van der Waals surface area contributed by atoms with Crippen molar-refractivity contribution in [1.82, 2.24) is 9.80 Å². The standard InChI is InChI=1S/C15H28N2O.3C2H6.C2H4/c1-6-18-14(3)11-13(2)12-17(5)15-7-9-16(4)10-8-15;4*1-2/h11,15H,2,6-10,12H2,1,3-5H3;3*1-2H3;1-2H2/b14-11+;;;;. The molecule has 0 atom stereocenters. The minimum absolute atomic E-state index is 0.693. The number of nitrogens with zero attached hydrogens (tertiary/aromatic N) is 2. The van der Waals surface area contributed by atoms with E-state index in [9.17, 15) is 0 Å². The second-order valence-electron chi connectivity index (χ2n) is 5.30. The third-order valence-corrected chi connectivity index (χ3v) is 3.54. The van der Waals surface area contributed by atoms with Crippen LogP contribution < -0.4 is 0 Å². The number of likely N-dealkylation sites (N-methyl/N-ethyl adjacent to an activating group) is 1. The highest BCUT2D eigenvalue weighted by atomic mass is 16.5. The molecule has 1 saturated heterocycles. The van der Waals surface area contributed by atoms with Crippen LogP contribution in [0.5, 0.6) is 0 Å². The van der Waals surface area contributed by atoms with E-state index in [1.54, 1.807) is 0 Å². The summed E-state index contributed by atoms with van der Waals surface area (Å²) in [5, 5.41) is 0. The third kappa shape index (κ3) is 19.3. The summed E-state index contributed by atoms with van der Waals surface area (Å²) in [6.45, 7) is 30.2. The van der Waals surface area contributed by atoms with Gasteiger partial charge in [0.1, 0.15) is 0 Å². The zero-order valence-corrected chi connectivity index (χ0v) is 19.8. The number of piperidine rings is 1. The van der Waals surface area contributed by atoms with E-state index < -0.39 is 0 Å². The number of hydrogen-bond donors (Lipinski definition) is 0. The lowest BCUT2D eigenvalue weighted by molar-refractivity contribution is 0.153. The highest BCUT2D eigenvalue weighted by Crippen LogP contribution is 2.15. The fourth-order valence-electron chi connectivity index (χ4n) is 2.49. The summed E-state index contributed by atoms with van der Waals surface area (Å²) in [5.41, 5.74) is 1.13. The van der Waals surface area contributed by atoms with Gasteiger partial charge in [0.25, 0.3) is 0 Å². The Hall–Kier alpha value is -1.06. The molecule has 0 saturated carbocycles. The average Bonchev–Trinajstić information content (AvgIpc) is 2.68. The first kappa shape index (κ1) is 32.6. The lowest BCUT2D eigenvalue weighted by Crippen LogP contribution is -2.42. The van der Waals surface area contributed by atoms with Gasteiger partial charge in [-0.1, -0.05) is 48.1 Å². The molecular formula is C23H50N2O. The largest absolute Gasteiger partial charge is 0.499 e. The van der Waals surface area contributed by atoms with Gasteiger partial charge in [0, 0.05) is 12.6 Å². The van der Waals surface area contributed by atoms with Gasteiger partial charge in [0.2, 0.25) is 0 Å². The Morgan fingerprint density at radius 2 is 1.50 bits per heavy atom. The Morgan fingerprint density at radius 1 is 1.08 bits per heavy atom. The minimum atomic E-state index is 0.693. The van der Waals surface area contributed by atoms with Crippen molar-refractivity contribution in [3.8, 4) is 0 Å². The Bertz CT molecular complexity index is 305. The summed E-state index contributed by atoms with van der Waals surface area (Å²) >= 11 is 0. The Balaban J connectivity index is -0.000000266. The molecule has 158 valence electrons. The van der Waals surface area contributed by atoms with Gasteiger partial charge in [-0.3, -0.25) is 4.90 Å². The third-order valence-electron chi connectivity index (χ3n) is 3.54. The molecule has 0 aromatic heterocycles. The lowest BCUT2D eigenvalue weighted by atomic mass is 10.0. The van der Waals surface area contributed by atoms with Crippen LogP contribution in [0, 0.1) is 0 Å². The Morgan fingerprint density at radius 3 is 1.88 bits per heavy atom. The summed E-state index contributed by atoms with van der Waals surface area (Å²) in [6, 6.07) is 0.693. The summed E-state index contributed by atoms with van der Waals surface area (Å²) in [5.74, 6) is 0.958. The van der Waals surface area contributed by atoms with E-state index in [1.807, 2.05) is 55.4 Å². The first-order valence-electron chi connectivity index (χ1n) is 10.4. The monoisotopic (exact) mass is 370 g/mol. The van der Waals surface area contributed by atoms with Crippen LogP contribution in [0.15, 0.2) is 37.1 Å². The SMILES string of the molecule is C=C.C=C(/C=C(\C)OCC)CN(C)C1CCN(C)CC1.CC.CC.CC. The van der Waals surface area contributed by atoms with E-state index in [-0.39, 0.29) is 0 Å². The molecule has 1 aliphatic heterocycles. The smallest absolute Gasteiger partial charge is 0.0931 e. The van der Waals surface area contributed by atoms with Crippen molar-refractivity contribution in [2.45, 2.75) is 74.3 Å². The van der Waals surface area contributed by atoms with Gasteiger partial charge in [-0.15, -0.1) is 13.2 Å². The second-order valence-corrected chi connectivity index (χ2v) is 5.30. The van der Waals surface area contributed by atoms with Crippen LogP contribution >= 0.6 is 0 Å². The van der Waals surface area contributed by atoms with Crippen LogP contribution in [-0.4, -0.2) is 56.2 Å². The van der Waals surface area contributed by atoms with Crippen molar-refractivity contribution < 1.29 is 4.74 Å². The molecular weight excluding hydrogens is 320 g/mol. The van der Waals surface area contributed by atoms with Crippen LogP contribution in [-0.2, 0) is 4.74 Å². The molecule has 0 radical (unpaired) electrons. The maximum atomic E-state index is 5.43.